The summed E-state index contributed by atoms with van der Waals surface area (Å²) in [6.45, 7) is 8.51. The van der Waals surface area contributed by atoms with Crippen molar-refractivity contribution in [1.29, 1.82) is 0 Å². The van der Waals surface area contributed by atoms with Gasteiger partial charge in [0.15, 0.2) is 0 Å². The monoisotopic (exact) mass is 356 g/mol. The Morgan fingerprint density at radius 3 is 2.81 bits per heavy atom. The fourth-order valence-corrected chi connectivity index (χ4v) is 2.23. The number of pyridine rings is 1. The lowest BCUT2D eigenvalue weighted by molar-refractivity contribution is 0.0948. The molecule has 5 nitrogen and oxygen atoms in total. The van der Waals surface area contributed by atoms with Gasteiger partial charge in [-0.3, -0.25) is 4.79 Å². The van der Waals surface area contributed by atoms with Crippen LogP contribution in [0, 0.1) is 0 Å². The van der Waals surface area contributed by atoms with Crippen molar-refractivity contribution < 1.29 is 4.79 Å². The third-order valence-corrected chi connectivity index (χ3v) is 3.97. The van der Waals surface area contributed by atoms with E-state index >= 15 is 0 Å². The van der Waals surface area contributed by atoms with Gasteiger partial charge in [-0.25, -0.2) is 4.98 Å². The van der Waals surface area contributed by atoms with Gasteiger partial charge in [-0.1, -0.05) is 6.92 Å². The first-order valence-corrected chi connectivity index (χ1v) is 8.16. The first-order chi connectivity index (χ1) is 9.99. The Hall–Kier alpha value is -1.14. The SMILES string of the molecule is CCNc1ncc(Br)cc1C(=O)NCCN(C)C(C)CC. The van der Waals surface area contributed by atoms with Gasteiger partial charge in [0.1, 0.15) is 5.82 Å². The van der Waals surface area contributed by atoms with Gasteiger partial charge in [0.05, 0.1) is 5.56 Å². The van der Waals surface area contributed by atoms with E-state index in [2.05, 4.69) is 57.3 Å². The highest BCUT2D eigenvalue weighted by Crippen LogP contribution is 2.17. The number of anilines is 1. The first kappa shape index (κ1) is 17.9. The maximum absolute atomic E-state index is 12.3. The second-order valence-electron chi connectivity index (χ2n) is 5.07. The molecule has 0 bridgehead atoms. The van der Waals surface area contributed by atoms with E-state index in [0.717, 1.165) is 24.0 Å². The maximum Gasteiger partial charge on any atom is 0.255 e. The average molecular weight is 357 g/mol. The third-order valence-electron chi connectivity index (χ3n) is 3.54. The summed E-state index contributed by atoms with van der Waals surface area (Å²) in [5, 5.41) is 6.06. The van der Waals surface area contributed by atoms with Gasteiger partial charge < -0.3 is 15.5 Å². The highest BCUT2D eigenvalue weighted by molar-refractivity contribution is 9.10. The van der Waals surface area contributed by atoms with Crippen LogP contribution in [0.15, 0.2) is 16.7 Å². The smallest absolute Gasteiger partial charge is 0.255 e. The molecular formula is C15H25BrN4O. The van der Waals surface area contributed by atoms with Crippen molar-refractivity contribution in [3.05, 3.63) is 22.3 Å². The number of likely N-dealkylation sites (N-methyl/N-ethyl adjacent to an activating group) is 1. The largest absolute Gasteiger partial charge is 0.370 e. The number of hydrogen-bond donors (Lipinski definition) is 2. The second kappa shape index (κ2) is 9.00. The summed E-state index contributed by atoms with van der Waals surface area (Å²) in [5.74, 6) is 0.519. The summed E-state index contributed by atoms with van der Waals surface area (Å²) in [7, 11) is 2.07. The average Bonchev–Trinajstić information content (AvgIpc) is 2.48. The molecule has 0 aliphatic heterocycles. The molecule has 21 heavy (non-hydrogen) atoms. The molecule has 0 saturated heterocycles. The summed E-state index contributed by atoms with van der Waals surface area (Å²) in [6.07, 6.45) is 2.79. The number of carbonyl (C=O) groups is 1. The number of carbonyl (C=O) groups excluding carboxylic acids is 1. The molecule has 1 atom stereocenters. The Labute approximate surface area is 135 Å². The summed E-state index contributed by atoms with van der Waals surface area (Å²) in [4.78, 5) is 18.8. The normalized spacial score (nSPS) is 12.3. The van der Waals surface area contributed by atoms with E-state index in [1.165, 1.54) is 0 Å². The number of hydrogen-bond acceptors (Lipinski definition) is 4. The molecule has 1 rings (SSSR count). The van der Waals surface area contributed by atoms with Crippen LogP contribution in [0.25, 0.3) is 0 Å². The van der Waals surface area contributed by atoms with E-state index in [1.807, 2.05) is 6.92 Å². The standard InChI is InChI=1S/C15H25BrN4O/c1-5-11(3)20(4)8-7-18-15(21)13-9-12(16)10-19-14(13)17-6-2/h9-11H,5-8H2,1-4H3,(H,17,19)(H,18,21). The van der Waals surface area contributed by atoms with Crippen LogP contribution in [0.4, 0.5) is 5.82 Å². The predicted molar refractivity (Wildman–Crippen MR) is 90.8 cm³/mol. The molecule has 0 spiro atoms. The lowest BCUT2D eigenvalue weighted by Crippen LogP contribution is -2.37. The molecule has 0 saturated carbocycles. The minimum Gasteiger partial charge on any atom is -0.370 e. The van der Waals surface area contributed by atoms with Gasteiger partial charge in [0, 0.05) is 36.3 Å². The summed E-state index contributed by atoms with van der Waals surface area (Å²) < 4.78 is 0.797. The van der Waals surface area contributed by atoms with E-state index in [1.54, 1.807) is 12.3 Å². The van der Waals surface area contributed by atoms with Crippen LogP contribution >= 0.6 is 15.9 Å². The van der Waals surface area contributed by atoms with Crippen molar-refractivity contribution in [2.24, 2.45) is 0 Å². The lowest BCUT2D eigenvalue weighted by atomic mass is 10.2. The fraction of sp³-hybridized carbons (Fsp3) is 0.600. The number of nitrogens with one attached hydrogen (secondary N) is 2. The molecule has 6 heteroatoms. The van der Waals surface area contributed by atoms with Gasteiger partial charge >= 0.3 is 0 Å². The molecule has 118 valence electrons. The van der Waals surface area contributed by atoms with Crippen molar-refractivity contribution >= 4 is 27.7 Å². The Bertz CT molecular complexity index is 467. The highest BCUT2D eigenvalue weighted by Gasteiger charge is 2.13. The zero-order valence-corrected chi connectivity index (χ0v) is 14.8. The molecule has 0 fully saturated rings. The summed E-state index contributed by atoms with van der Waals surface area (Å²) >= 11 is 3.36. The molecule has 0 aliphatic rings. The van der Waals surface area contributed by atoms with Crippen molar-refractivity contribution in [3.8, 4) is 0 Å². The molecule has 0 radical (unpaired) electrons. The number of halogens is 1. The number of nitrogens with zero attached hydrogens (tertiary/aromatic N) is 2. The van der Waals surface area contributed by atoms with E-state index in [0.29, 0.717) is 24.0 Å². The fourth-order valence-electron chi connectivity index (χ4n) is 1.89. The molecule has 0 aliphatic carbocycles. The second-order valence-corrected chi connectivity index (χ2v) is 5.99. The molecular weight excluding hydrogens is 332 g/mol. The minimum atomic E-state index is -0.0997. The van der Waals surface area contributed by atoms with Gasteiger partial charge in [-0.15, -0.1) is 0 Å². The van der Waals surface area contributed by atoms with Crippen LogP contribution in [0.5, 0.6) is 0 Å². The zero-order valence-electron chi connectivity index (χ0n) is 13.2. The Kier molecular flexibility index (Phi) is 7.67. The summed E-state index contributed by atoms with van der Waals surface area (Å²) in [5.41, 5.74) is 0.567. The van der Waals surface area contributed by atoms with Crippen LogP contribution in [0.1, 0.15) is 37.6 Å². The van der Waals surface area contributed by atoms with Gasteiger partial charge in [-0.05, 0) is 49.3 Å². The molecule has 1 unspecified atom stereocenters. The zero-order chi connectivity index (χ0) is 15.8. The van der Waals surface area contributed by atoms with Crippen molar-refractivity contribution in [1.82, 2.24) is 15.2 Å². The Morgan fingerprint density at radius 1 is 1.48 bits per heavy atom. The molecule has 0 aromatic carbocycles. The van der Waals surface area contributed by atoms with Crippen molar-refractivity contribution in [2.75, 3.05) is 32.0 Å². The predicted octanol–water partition coefficient (Wildman–Crippen LogP) is 2.74. The van der Waals surface area contributed by atoms with E-state index in [4.69, 9.17) is 0 Å². The lowest BCUT2D eigenvalue weighted by Gasteiger charge is -2.23. The van der Waals surface area contributed by atoms with Crippen molar-refractivity contribution in [3.63, 3.8) is 0 Å². The maximum atomic E-state index is 12.3. The highest BCUT2D eigenvalue weighted by atomic mass is 79.9. The topological polar surface area (TPSA) is 57.3 Å². The quantitative estimate of drug-likeness (QED) is 0.751. The van der Waals surface area contributed by atoms with Crippen LogP contribution in [-0.4, -0.2) is 48.5 Å². The van der Waals surface area contributed by atoms with Gasteiger partial charge in [-0.2, -0.15) is 0 Å². The Morgan fingerprint density at radius 2 is 2.19 bits per heavy atom. The summed E-state index contributed by atoms with van der Waals surface area (Å²) in [6, 6.07) is 2.31. The third kappa shape index (κ3) is 5.63. The molecule has 1 aromatic heterocycles. The molecule has 2 N–H and O–H groups in total. The van der Waals surface area contributed by atoms with Gasteiger partial charge in [0.25, 0.3) is 5.91 Å². The number of amides is 1. The van der Waals surface area contributed by atoms with Crippen molar-refractivity contribution in [2.45, 2.75) is 33.2 Å². The molecule has 1 amide bonds. The number of rotatable bonds is 8. The van der Waals surface area contributed by atoms with E-state index in [9.17, 15) is 4.79 Å². The van der Waals surface area contributed by atoms with E-state index < -0.39 is 0 Å². The van der Waals surface area contributed by atoms with Gasteiger partial charge in [0.2, 0.25) is 0 Å². The molecule has 1 aromatic rings. The van der Waals surface area contributed by atoms with Crippen LogP contribution in [-0.2, 0) is 0 Å². The minimum absolute atomic E-state index is 0.0997. The molecule has 1 heterocycles. The van der Waals surface area contributed by atoms with Crippen LogP contribution in [0.3, 0.4) is 0 Å². The number of aromatic nitrogens is 1. The van der Waals surface area contributed by atoms with Crippen LogP contribution < -0.4 is 10.6 Å². The first-order valence-electron chi connectivity index (χ1n) is 7.37. The Balaban J connectivity index is 2.61. The van der Waals surface area contributed by atoms with E-state index in [-0.39, 0.29) is 5.91 Å². The van der Waals surface area contributed by atoms with Crippen LogP contribution in [0.2, 0.25) is 0 Å².